The number of amides is 1. The number of benzene rings is 1. The van der Waals surface area contributed by atoms with Gasteiger partial charge in [-0.15, -0.1) is 11.3 Å². The number of ether oxygens (including phenoxy) is 1. The van der Waals surface area contributed by atoms with Gasteiger partial charge >= 0.3 is 5.69 Å². The third kappa shape index (κ3) is 4.86. The third-order valence-electron chi connectivity index (χ3n) is 6.95. The van der Waals surface area contributed by atoms with E-state index >= 15 is 0 Å². The average Bonchev–Trinajstić information content (AvgIpc) is 3.55. The molecule has 9 nitrogen and oxygen atoms in total. The van der Waals surface area contributed by atoms with E-state index in [0.29, 0.717) is 44.1 Å². The van der Waals surface area contributed by atoms with Crippen molar-refractivity contribution in [3.05, 3.63) is 88.6 Å². The summed E-state index contributed by atoms with van der Waals surface area (Å²) in [7, 11) is 0. The van der Waals surface area contributed by atoms with Crippen molar-refractivity contribution in [3.8, 4) is 17.3 Å². The van der Waals surface area contributed by atoms with Gasteiger partial charge in [-0.2, -0.15) is 4.98 Å². The van der Waals surface area contributed by atoms with Gasteiger partial charge in [-0.05, 0) is 55.5 Å². The van der Waals surface area contributed by atoms with E-state index in [4.69, 9.17) is 4.74 Å². The van der Waals surface area contributed by atoms with Crippen molar-refractivity contribution < 1.29 is 14.6 Å². The Bertz CT molecular complexity index is 1800. The van der Waals surface area contributed by atoms with Gasteiger partial charge in [-0.3, -0.25) is 9.36 Å². The normalized spacial score (nSPS) is 17.8. The molecule has 1 fully saturated rings. The fraction of sp³-hybridized carbons (Fsp3) is 0.207. The summed E-state index contributed by atoms with van der Waals surface area (Å²) in [5, 5.41) is 14.8. The molecule has 1 amide bonds. The second-order valence-electron chi connectivity index (χ2n) is 9.53. The number of pyridine rings is 2. The van der Waals surface area contributed by atoms with Crippen LogP contribution in [0.1, 0.15) is 25.7 Å². The molecule has 39 heavy (non-hydrogen) atoms. The molecular weight excluding hydrogens is 514 g/mol. The van der Waals surface area contributed by atoms with Crippen molar-refractivity contribution in [2.45, 2.75) is 31.7 Å². The zero-order chi connectivity index (χ0) is 26.9. The molecule has 1 aliphatic rings. The van der Waals surface area contributed by atoms with Gasteiger partial charge in [0.1, 0.15) is 21.9 Å². The van der Waals surface area contributed by atoms with E-state index in [2.05, 4.69) is 26.8 Å². The highest BCUT2D eigenvalue weighted by molar-refractivity contribution is 7.17. The lowest BCUT2D eigenvalue weighted by Crippen LogP contribution is -2.31. The van der Waals surface area contributed by atoms with Crippen molar-refractivity contribution in [2.24, 2.45) is 5.92 Å². The fourth-order valence-electron chi connectivity index (χ4n) is 5.17. The molecule has 4 heterocycles. The SMILES string of the molecule is C=CC(=O)N[C@H]1CC[C@H](CC(O)=c2sc3nccc4c3c2nc(=O)n4-c2ccc(Oc3ccccc3)nc2)C1. The van der Waals surface area contributed by atoms with Crippen molar-refractivity contribution in [2.75, 3.05) is 0 Å². The first kappa shape index (κ1) is 24.7. The molecule has 2 N–H and O–H groups in total. The minimum atomic E-state index is -0.478. The number of hydrogen-bond acceptors (Lipinski definition) is 8. The largest absolute Gasteiger partial charge is 0.511 e. The van der Waals surface area contributed by atoms with Gasteiger partial charge in [0.15, 0.2) is 0 Å². The maximum atomic E-state index is 13.3. The molecule has 1 aliphatic carbocycles. The summed E-state index contributed by atoms with van der Waals surface area (Å²) in [6.45, 7) is 3.50. The molecule has 0 radical (unpaired) electrons. The molecule has 10 heteroatoms. The van der Waals surface area contributed by atoms with E-state index in [1.807, 2.05) is 30.3 Å². The molecule has 0 aliphatic heterocycles. The number of para-hydroxylation sites is 1. The first-order chi connectivity index (χ1) is 19.0. The van der Waals surface area contributed by atoms with Crippen LogP contribution in [0, 0.1) is 5.92 Å². The van der Waals surface area contributed by atoms with Gasteiger partial charge < -0.3 is 15.2 Å². The molecule has 0 saturated heterocycles. The number of rotatable bonds is 7. The van der Waals surface area contributed by atoms with Crippen LogP contribution in [0.5, 0.6) is 11.6 Å². The maximum absolute atomic E-state index is 13.3. The Morgan fingerprint density at radius 3 is 2.79 bits per heavy atom. The summed E-state index contributed by atoms with van der Waals surface area (Å²) in [6.07, 6.45) is 7.44. The van der Waals surface area contributed by atoms with Crippen molar-refractivity contribution in [1.29, 1.82) is 0 Å². The van der Waals surface area contributed by atoms with Gasteiger partial charge in [-0.1, -0.05) is 24.8 Å². The second-order valence-corrected chi connectivity index (χ2v) is 10.5. The maximum Gasteiger partial charge on any atom is 0.353 e. The lowest BCUT2D eigenvalue weighted by molar-refractivity contribution is -0.117. The molecule has 1 aromatic carbocycles. The summed E-state index contributed by atoms with van der Waals surface area (Å²) in [5.41, 5.74) is 1.15. The summed E-state index contributed by atoms with van der Waals surface area (Å²) in [6, 6.07) is 14.6. The van der Waals surface area contributed by atoms with E-state index in [1.165, 1.54) is 22.0 Å². The zero-order valence-electron chi connectivity index (χ0n) is 20.9. The Balaban J connectivity index is 1.34. The number of aliphatic hydroxyl groups is 1. The number of thiophene rings is 1. The number of carbonyl (C=O) groups excluding carboxylic acids is 1. The Morgan fingerprint density at radius 2 is 2.03 bits per heavy atom. The van der Waals surface area contributed by atoms with Crippen molar-refractivity contribution >= 4 is 44.3 Å². The molecule has 1 saturated carbocycles. The topological polar surface area (TPSA) is 119 Å². The second kappa shape index (κ2) is 10.3. The Labute approximate surface area is 227 Å². The quantitative estimate of drug-likeness (QED) is 0.294. The summed E-state index contributed by atoms with van der Waals surface area (Å²) < 4.78 is 7.83. The standard InChI is InChI=1S/C29H25N5O4S/c1-2-23(36)32-18-9-8-17(14-18)15-22(35)27-26-25-21(12-13-30-28(25)39-27)34(29(37)33-26)19-10-11-24(31-16-19)38-20-6-4-3-5-7-20/h2-7,10-13,16-18,35H,1,8-9,14-15H2,(H,32,36)/t17-,18-/m0/s1. The van der Waals surface area contributed by atoms with Crippen molar-refractivity contribution in [1.82, 2.24) is 24.8 Å². The molecule has 6 rings (SSSR count). The Kier molecular flexibility index (Phi) is 6.54. The van der Waals surface area contributed by atoms with Gasteiger partial charge in [0, 0.05) is 24.7 Å². The first-order valence-corrected chi connectivity index (χ1v) is 13.5. The monoisotopic (exact) mass is 539 g/mol. The van der Waals surface area contributed by atoms with Gasteiger partial charge in [0.25, 0.3) is 0 Å². The summed E-state index contributed by atoms with van der Waals surface area (Å²) >= 11 is 1.32. The molecule has 0 spiro atoms. The summed E-state index contributed by atoms with van der Waals surface area (Å²) in [5.74, 6) is 1.29. The molecule has 2 atom stereocenters. The molecule has 0 bridgehead atoms. The van der Waals surface area contributed by atoms with Crippen LogP contribution >= 0.6 is 11.3 Å². The number of hydrogen-bond donors (Lipinski definition) is 2. The van der Waals surface area contributed by atoms with Crippen LogP contribution in [0.15, 0.2) is 78.4 Å². The molecule has 196 valence electrons. The predicted octanol–water partition coefficient (Wildman–Crippen LogP) is 4.43. The van der Waals surface area contributed by atoms with E-state index in [-0.39, 0.29) is 23.6 Å². The Hall–Kier alpha value is -4.57. The number of carbonyl (C=O) groups is 1. The lowest BCUT2D eigenvalue weighted by Gasteiger charge is -2.12. The van der Waals surface area contributed by atoms with Gasteiger partial charge in [0.05, 0.1) is 27.3 Å². The lowest BCUT2D eigenvalue weighted by atomic mass is 10.0. The van der Waals surface area contributed by atoms with Crippen LogP contribution in [0.25, 0.3) is 32.7 Å². The fourth-order valence-corrected chi connectivity index (χ4v) is 6.23. The number of aromatic nitrogens is 4. The highest BCUT2D eigenvalue weighted by atomic mass is 32.1. The van der Waals surface area contributed by atoms with Crippen LogP contribution in [0.2, 0.25) is 0 Å². The Morgan fingerprint density at radius 1 is 1.18 bits per heavy atom. The predicted molar refractivity (Wildman–Crippen MR) is 150 cm³/mol. The minimum Gasteiger partial charge on any atom is -0.511 e. The van der Waals surface area contributed by atoms with Crippen LogP contribution in [-0.2, 0) is 4.79 Å². The molecule has 0 unspecified atom stereocenters. The first-order valence-electron chi connectivity index (χ1n) is 12.6. The highest BCUT2D eigenvalue weighted by Crippen LogP contribution is 2.32. The van der Waals surface area contributed by atoms with Gasteiger partial charge in [-0.25, -0.2) is 14.8 Å². The third-order valence-corrected chi connectivity index (χ3v) is 8.08. The van der Waals surface area contributed by atoms with Crippen LogP contribution in [0.4, 0.5) is 0 Å². The van der Waals surface area contributed by atoms with Crippen LogP contribution in [-0.4, -0.2) is 36.6 Å². The summed E-state index contributed by atoms with van der Waals surface area (Å²) in [4.78, 5) is 38.9. The number of nitrogens with one attached hydrogen (secondary N) is 1. The molecule has 4 aromatic heterocycles. The number of aliphatic hydroxyl groups excluding tert-OH is 1. The minimum absolute atomic E-state index is 0.0697. The van der Waals surface area contributed by atoms with Crippen molar-refractivity contribution in [3.63, 3.8) is 0 Å². The van der Waals surface area contributed by atoms with E-state index in [0.717, 1.165) is 24.6 Å². The zero-order valence-corrected chi connectivity index (χ0v) is 21.7. The average molecular weight is 540 g/mol. The van der Waals surface area contributed by atoms with E-state index in [1.54, 1.807) is 30.6 Å². The smallest absolute Gasteiger partial charge is 0.353 e. The highest BCUT2D eigenvalue weighted by Gasteiger charge is 2.27. The molecule has 5 aromatic rings. The van der Waals surface area contributed by atoms with Crippen LogP contribution in [0.3, 0.4) is 0 Å². The van der Waals surface area contributed by atoms with E-state index in [9.17, 15) is 14.7 Å². The molecular formula is C29H25N5O4S. The van der Waals surface area contributed by atoms with Crippen LogP contribution < -0.4 is 20.3 Å². The number of nitrogens with zero attached hydrogens (tertiary/aromatic N) is 4. The van der Waals surface area contributed by atoms with Gasteiger partial charge in [0.2, 0.25) is 11.8 Å². The van der Waals surface area contributed by atoms with E-state index < -0.39 is 5.69 Å².